The molecular weight excluding hydrogens is 492 g/mol. The van der Waals surface area contributed by atoms with Crippen molar-refractivity contribution >= 4 is 23.8 Å². The predicted octanol–water partition coefficient (Wildman–Crippen LogP) is 1.07. The van der Waals surface area contributed by atoms with Crippen LogP contribution in [0, 0.1) is 5.92 Å². The minimum absolute atomic E-state index is 0.0492. The Morgan fingerprint density at radius 1 is 0.974 bits per heavy atom. The molecule has 0 aliphatic carbocycles. The molecule has 11 heteroatoms. The van der Waals surface area contributed by atoms with E-state index in [1.165, 1.54) is 0 Å². The van der Waals surface area contributed by atoms with Crippen LogP contribution in [0.25, 0.3) is 0 Å². The molecule has 0 unspecified atom stereocenters. The maximum atomic E-state index is 13.5. The molecule has 4 fully saturated rings. The van der Waals surface area contributed by atoms with Gasteiger partial charge in [0.2, 0.25) is 17.7 Å². The molecule has 38 heavy (non-hydrogen) atoms. The summed E-state index contributed by atoms with van der Waals surface area (Å²) in [4.78, 5) is 56.4. The quantitative estimate of drug-likeness (QED) is 0.565. The van der Waals surface area contributed by atoms with E-state index in [2.05, 4.69) is 5.32 Å². The number of amides is 4. The van der Waals surface area contributed by atoms with Gasteiger partial charge in [0.1, 0.15) is 12.1 Å². The minimum Gasteiger partial charge on any atom is -0.465 e. The van der Waals surface area contributed by atoms with Gasteiger partial charge in [-0.25, -0.2) is 4.79 Å². The lowest BCUT2D eigenvalue weighted by Gasteiger charge is -2.44. The van der Waals surface area contributed by atoms with Crippen molar-refractivity contribution in [1.29, 1.82) is 0 Å². The number of nitrogens with one attached hydrogen (secondary N) is 1. The van der Waals surface area contributed by atoms with E-state index in [1.54, 1.807) is 14.7 Å². The van der Waals surface area contributed by atoms with Crippen LogP contribution in [0.4, 0.5) is 4.79 Å². The van der Waals surface area contributed by atoms with E-state index in [0.717, 1.165) is 5.56 Å². The highest BCUT2D eigenvalue weighted by molar-refractivity contribution is 5.93. The Bertz CT molecular complexity index is 1030. The van der Waals surface area contributed by atoms with Crippen molar-refractivity contribution in [3.63, 3.8) is 0 Å². The van der Waals surface area contributed by atoms with Gasteiger partial charge in [0.15, 0.2) is 0 Å². The Labute approximate surface area is 222 Å². The lowest BCUT2D eigenvalue weighted by molar-refractivity contribution is -0.157. The van der Waals surface area contributed by atoms with E-state index in [-0.39, 0.29) is 35.8 Å². The van der Waals surface area contributed by atoms with Crippen molar-refractivity contribution in [2.24, 2.45) is 5.92 Å². The minimum atomic E-state index is -1.27. The predicted molar refractivity (Wildman–Crippen MR) is 135 cm³/mol. The van der Waals surface area contributed by atoms with Gasteiger partial charge >= 0.3 is 6.09 Å². The molecule has 1 aromatic rings. The first kappa shape index (κ1) is 26.4. The van der Waals surface area contributed by atoms with E-state index >= 15 is 0 Å². The Morgan fingerprint density at radius 3 is 2.42 bits per heavy atom. The summed E-state index contributed by atoms with van der Waals surface area (Å²) >= 11 is 0. The molecular formula is C27H36N4O7. The lowest BCUT2D eigenvalue weighted by Crippen LogP contribution is -2.63. The van der Waals surface area contributed by atoms with Gasteiger partial charge in [-0.15, -0.1) is 0 Å². The van der Waals surface area contributed by atoms with Gasteiger partial charge in [-0.1, -0.05) is 30.3 Å². The summed E-state index contributed by atoms with van der Waals surface area (Å²) in [6.07, 6.45) is 1.17. The molecule has 11 nitrogen and oxygen atoms in total. The van der Waals surface area contributed by atoms with Crippen LogP contribution in [-0.4, -0.2) is 107 Å². The normalized spacial score (nSPS) is 28.2. The van der Waals surface area contributed by atoms with Crippen molar-refractivity contribution in [2.45, 2.75) is 62.9 Å². The number of rotatable bonds is 6. The van der Waals surface area contributed by atoms with Gasteiger partial charge in [-0.05, 0) is 37.7 Å². The largest absolute Gasteiger partial charge is 0.465 e. The first-order chi connectivity index (χ1) is 18.4. The van der Waals surface area contributed by atoms with E-state index in [9.17, 15) is 24.3 Å². The highest BCUT2D eigenvalue weighted by Gasteiger charge is 2.49. The summed E-state index contributed by atoms with van der Waals surface area (Å²) in [7, 11) is 0. The zero-order valence-corrected chi connectivity index (χ0v) is 21.5. The second-order valence-corrected chi connectivity index (χ2v) is 10.6. The molecule has 4 saturated heterocycles. The molecule has 4 aliphatic heterocycles. The highest BCUT2D eigenvalue weighted by atomic mass is 16.5. The molecule has 4 amide bonds. The van der Waals surface area contributed by atoms with E-state index < -0.39 is 18.2 Å². The van der Waals surface area contributed by atoms with E-state index in [4.69, 9.17) is 9.47 Å². The van der Waals surface area contributed by atoms with Crippen molar-refractivity contribution in [3.05, 3.63) is 35.9 Å². The first-order valence-electron chi connectivity index (χ1n) is 13.5. The van der Waals surface area contributed by atoms with Gasteiger partial charge in [-0.3, -0.25) is 14.4 Å². The Kier molecular flexibility index (Phi) is 8.13. The van der Waals surface area contributed by atoms with Crippen LogP contribution < -0.4 is 5.32 Å². The summed E-state index contributed by atoms with van der Waals surface area (Å²) in [6, 6.07) is 8.03. The number of fused-ring (bicyclic) bond motifs is 1. The zero-order valence-electron chi connectivity index (χ0n) is 21.5. The third kappa shape index (κ3) is 5.78. The summed E-state index contributed by atoms with van der Waals surface area (Å²) in [6.45, 7) is 3.32. The maximum absolute atomic E-state index is 13.5. The topological polar surface area (TPSA) is 129 Å². The summed E-state index contributed by atoms with van der Waals surface area (Å²) in [5.41, 5.74) is 1.04. The number of carbonyl (C=O) groups is 4. The number of carbonyl (C=O) groups excluding carboxylic acids is 3. The smallest absolute Gasteiger partial charge is 0.405 e. The monoisotopic (exact) mass is 528 g/mol. The van der Waals surface area contributed by atoms with Crippen LogP contribution in [0.15, 0.2) is 30.3 Å². The maximum Gasteiger partial charge on any atom is 0.405 e. The highest BCUT2D eigenvalue weighted by Crippen LogP contribution is 2.34. The van der Waals surface area contributed by atoms with Gasteiger partial charge in [-0.2, -0.15) is 0 Å². The molecule has 0 radical (unpaired) electrons. The number of carboxylic acid groups (broad SMARTS) is 1. The number of hydrogen-bond acceptors (Lipinski definition) is 6. The average Bonchev–Trinajstić information content (AvgIpc) is 3.31. The van der Waals surface area contributed by atoms with Crippen LogP contribution in [0.3, 0.4) is 0 Å². The van der Waals surface area contributed by atoms with Gasteiger partial charge < -0.3 is 34.6 Å². The van der Waals surface area contributed by atoms with Gasteiger partial charge in [0.25, 0.3) is 0 Å². The summed E-state index contributed by atoms with van der Waals surface area (Å²) in [5.74, 6) is -0.693. The molecule has 0 spiro atoms. The molecule has 1 aromatic carbocycles. The molecule has 4 heterocycles. The fraction of sp³-hybridized carbons (Fsp3) is 0.630. The Morgan fingerprint density at radius 2 is 1.71 bits per heavy atom. The number of nitrogens with zero attached hydrogens (tertiary/aromatic N) is 3. The third-order valence-electron chi connectivity index (χ3n) is 8.14. The number of morpholine rings is 1. The molecule has 0 bridgehead atoms. The van der Waals surface area contributed by atoms with Crippen molar-refractivity contribution < 1.29 is 33.8 Å². The average molecular weight is 529 g/mol. The van der Waals surface area contributed by atoms with Gasteiger partial charge in [0, 0.05) is 32.2 Å². The first-order valence-corrected chi connectivity index (χ1v) is 13.5. The van der Waals surface area contributed by atoms with E-state index in [0.29, 0.717) is 78.1 Å². The zero-order chi connectivity index (χ0) is 26.6. The molecule has 4 atom stereocenters. The molecule has 2 N–H and O–H groups in total. The SMILES string of the molecule is O=C(O)N[C@H]1CC[C@@H](OCc2ccccc2)C[C@H]2CC[C@@H](C(=O)N3CC(C(=O)N4CCOCC4)C3)N2C1=O. The second kappa shape index (κ2) is 11.7. The number of ether oxygens (including phenoxy) is 2. The molecule has 206 valence electrons. The van der Waals surface area contributed by atoms with E-state index in [1.807, 2.05) is 30.3 Å². The molecule has 0 saturated carbocycles. The summed E-state index contributed by atoms with van der Waals surface area (Å²) < 4.78 is 11.5. The van der Waals surface area contributed by atoms with Crippen LogP contribution in [-0.2, 0) is 30.5 Å². The Hall–Kier alpha value is -3.18. The van der Waals surface area contributed by atoms with Crippen LogP contribution in [0.2, 0.25) is 0 Å². The number of benzene rings is 1. The van der Waals surface area contributed by atoms with Gasteiger partial charge in [0.05, 0.1) is 31.8 Å². The van der Waals surface area contributed by atoms with Crippen molar-refractivity contribution in [1.82, 2.24) is 20.0 Å². The lowest BCUT2D eigenvalue weighted by atomic mass is 9.95. The number of likely N-dealkylation sites (tertiary alicyclic amines) is 1. The van der Waals surface area contributed by atoms with Crippen molar-refractivity contribution in [2.75, 3.05) is 39.4 Å². The molecule has 0 aromatic heterocycles. The van der Waals surface area contributed by atoms with Crippen LogP contribution in [0.1, 0.15) is 37.7 Å². The van der Waals surface area contributed by atoms with Crippen molar-refractivity contribution in [3.8, 4) is 0 Å². The third-order valence-corrected chi connectivity index (χ3v) is 8.14. The Balaban J connectivity index is 1.24. The standard InChI is InChI=1S/C27H36N4O7/c32-24(29-10-12-37-13-11-29)19-15-30(16-19)26(34)23-9-6-20-14-21(38-17-18-4-2-1-3-5-18)7-8-22(28-27(35)36)25(33)31(20)23/h1-5,19-23,28H,6-17H2,(H,35,36)/t20-,21-,22+,23+/m1/s1. The molecule has 5 rings (SSSR count). The molecule has 4 aliphatic rings. The number of hydrogen-bond donors (Lipinski definition) is 2. The van der Waals surface area contributed by atoms with Crippen LogP contribution >= 0.6 is 0 Å². The fourth-order valence-electron chi connectivity index (χ4n) is 6.06. The summed E-state index contributed by atoms with van der Waals surface area (Å²) in [5, 5.41) is 11.7. The van der Waals surface area contributed by atoms with Crippen LogP contribution in [0.5, 0.6) is 0 Å². The second-order valence-electron chi connectivity index (χ2n) is 10.6. The fourth-order valence-corrected chi connectivity index (χ4v) is 6.06.